The lowest BCUT2D eigenvalue weighted by molar-refractivity contribution is -0.142. The molecule has 3 rings (SSSR count). The molecule has 1 aliphatic heterocycles. The molecule has 1 atom stereocenters. The number of benzene rings is 1. The van der Waals surface area contributed by atoms with Crippen molar-refractivity contribution < 1.29 is 14.3 Å². The highest BCUT2D eigenvalue weighted by molar-refractivity contribution is 5.82. The normalized spacial score (nSPS) is 17.4. The number of aromatic nitrogens is 2. The Labute approximate surface area is 166 Å². The van der Waals surface area contributed by atoms with Crippen molar-refractivity contribution >= 4 is 11.7 Å². The highest BCUT2D eigenvalue weighted by atomic mass is 16.5. The van der Waals surface area contributed by atoms with Gasteiger partial charge in [-0.3, -0.25) is 4.79 Å². The number of anilines is 1. The molecule has 1 aromatic carbocycles. The van der Waals surface area contributed by atoms with Crippen LogP contribution in [0.15, 0.2) is 36.7 Å². The van der Waals surface area contributed by atoms with Crippen LogP contribution in [0, 0.1) is 5.41 Å². The van der Waals surface area contributed by atoms with E-state index in [-0.39, 0.29) is 17.4 Å². The van der Waals surface area contributed by atoms with Crippen molar-refractivity contribution in [2.24, 2.45) is 5.41 Å². The van der Waals surface area contributed by atoms with Gasteiger partial charge in [-0.2, -0.15) is 0 Å². The van der Waals surface area contributed by atoms with Crippen molar-refractivity contribution in [3.63, 3.8) is 0 Å². The number of ether oxygens (including phenoxy) is 2. The number of amides is 1. The van der Waals surface area contributed by atoms with Gasteiger partial charge in [-0.15, -0.1) is 0 Å². The minimum atomic E-state index is -0.370. The molecule has 1 fully saturated rings. The molecule has 1 aliphatic rings. The first-order chi connectivity index (χ1) is 13.3. The molecule has 1 saturated heterocycles. The van der Waals surface area contributed by atoms with E-state index in [1.165, 1.54) is 6.33 Å². The SMILES string of the molecule is COc1ccc(Oc2cc(N3CCN(C(=O)C(C)(C)C)[C@@H](C)C3)ncn2)cc1. The molecule has 150 valence electrons. The Morgan fingerprint density at radius 2 is 1.79 bits per heavy atom. The molecule has 1 aromatic heterocycles. The molecular weight excluding hydrogens is 356 g/mol. The first-order valence-electron chi connectivity index (χ1n) is 9.48. The number of piperazine rings is 1. The predicted molar refractivity (Wildman–Crippen MR) is 108 cm³/mol. The molecule has 0 bridgehead atoms. The minimum absolute atomic E-state index is 0.112. The first-order valence-corrected chi connectivity index (χ1v) is 9.48. The van der Waals surface area contributed by atoms with Gasteiger partial charge in [-0.1, -0.05) is 20.8 Å². The molecule has 0 unspecified atom stereocenters. The number of carbonyl (C=O) groups is 1. The molecule has 0 radical (unpaired) electrons. The maximum Gasteiger partial charge on any atom is 0.228 e. The summed E-state index contributed by atoms with van der Waals surface area (Å²) in [6, 6.07) is 9.29. The third kappa shape index (κ3) is 4.52. The van der Waals surface area contributed by atoms with Crippen LogP contribution >= 0.6 is 0 Å². The van der Waals surface area contributed by atoms with Gasteiger partial charge < -0.3 is 19.3 Å². The molecular formula is C21H28N4O3. The Morgan fingerprint density at radius 3 is 2.39 bits per heavy atom. The molecule has 0 aliphatic carbocycles. The van der Waals surface area contributed by atoms with E-state index in [4.69, 9.17) is 9.47 Å². The number of nitrogens with zero attached hydrogens (tertiary/aromatic N) is 4. The van der Waals surface area contributed by atoms with Gasteiger partial charge in [0, 0.05) is 37.2 Å². The van der Waals surface area contributed by atoms with Gasteiger partial charge in [0.05, 0.1) is 7.11 Å². The van der Waals surface area contributed by atoms with Crippen LogP contribution in [0.25, 0.3) is 0 Å². The third-order valence-electron chi connectivity index (χ3n) is 4.76. The van der Waals surface area contributed by atoms with Crippen LogP contribution in [0.3, 0.4) is 0 Å². The lowest BCUT2D eigenvalue weighted by Crippen LogP contribution is -2.56. The molecule has 7 nitrogen and oxygen atoms in total. The second-order valence-electron chi connectivity index (χ2n) is 8.04. The smallest absolute Gasteiger partial charge is 0.228 e. The molecule has 2 aromatic rings. The molecule has 0 N–H and O–H groups in total. The summed E-state index contributed by atoms with van der Waals surface area (Å²) < 4.78 is 11.0. The Kier molecular flexibility index (Phi) is 5.72. The topological polar surface area (TPSA) is 67.8 Å². The third-order valence-corrected chi connectivity index (χ3v) is 4.76. The summed E-state index contributed by atoms with van der Waals surface area (Å²) in [6.07, 6.45) is 1.51. The van der Waals surface area contributed by atoms with Gasteiger partial charge in [0.15, 0.2) is 0 Å². The second-order valence-corrected chi connectivity index (χ2v) is 8.04. The fourth-order valence-corrected chi connectivity index (χ4v) is 3.22. The molecule has 0 spiro atoms. The van der Waals surface area contributed by atoms with E-state index in [0.717, 1.165) is 24.7 Å². The van der Waals surface area contributed by atoms with E-state index < -0.39 is 0 Å². The minimum Gasteiger partial charge on any atom is -0.497 e. The van der Waals surface area contributed by atoms with Gasteiger partial charge in [-0.25, -0.2) is 9.97 Å². The van der Waals surface area contributed by atoms with Crippen molar-refractivity contribution in [2.75, 3.05) is 31.6 Å². The van der Waals surface area contributed by atoms with Crippen molar-refractivity contribution in [2.45, 2.75) is 33.7 Å². The highest BCUT2D eigenvalue weighted by Gasteiger charge is 2.34. The quantitative estimate of drug-likeness (QED) is 0.805. The molecule has 2 heterocycles. The van der Waals surface area contributed by atoms with Crippen LogP contribution in [-0.4, -0.2) is 53.6 Å². The second kappa shape index (κ2) is 8.04. The van der Waals surface area contributed by atoms with E-state index >= 15 is 0 Å². The van der Waals surface area contributed by atoms with Crippen LogP contribution in [0.1, 0.15) is 27.7 Å². The number of methoxy groups -OCH3 is 1. The van der Waals surface area contributed by atoms with E-state index in [9.17, 15) is 4.79 Å². The zero-order valence-electron chi connectivity index (χ0n) is 17.2. The summed E-state index contributed by atoms with van der Waals surface area (Å²) in [6.45, 7) is 10.1. The summed E-state index contributed by atoms with van der Waals surface area (Å²) in [7, 11) is 1.63. The summed E-state index contributed by atoms with van der Waals surface area (Å²) in [4.78, 5) is 25.4. The fraction of sp³-hybridized carbons (Fsp3) is 0.476. The Balaban J connectivity index is 1.68. The largest absolute Gasteiger partial charge is 0.497 e. The Morgan fingerprint density at radius 1 is 1.11 bits per heavy atom. The fourth-order valence-electron chi connectivity index (χ4n) is 3.22. The van der Waals surface area contributed by atoms with Crippen LogP contribution in [0.4, 0.5) is 5.82 Å². The average molecular weight is 384 g/mol. The standard InChI is InChI=1S/C21H28N4O3/c1-15-13-24(10-11-25(15)20(26)21(2,3)4)18-12-19(23-14-22-18)28-17-8-6-16(27-5)7-9-17/h6-9,12,14-15H,10-11,13H2,1-5H3/t15-/m0/s1. The monoisotopic (exact) mass is 384 g/mol. The van der Waals surface area contributed by atoms with Crippen LogP contribution < -0.4 is 14.4 Å². The summed E-state index contributed by atoms with van der Waals surface area (Å²) in [5, 5.41) is 0. The van der Waals surface area contributed by atoms with E-state index in [0.29, 0.717) is 18.2 Å². The van der Waals surface area contributed by atoms with Gasteiger partial charge in [0.25, 0.3) is 0 Å². The summed E-state index contributed by atoms with van der Waals surface area (Å²) in [5.74, 6) is 2.92. The van der Waals surface area contributed by atoms with E-state index in [1.807, 2.05) is 56.0 Å². The van der Waals surface area contributed by atoms with Crippen LogP contribution in [0.2, 0.25) is 0 Å². The lowest BCUT2D eigenvalue weighted by atomic mass is 9.93. The Hall–Kier alpha value is -2.83. The van der Waals surface area contributed by atoms with Crippen molar-refractivity contribution in [3.8, 4) is 17.4 Å². The van der Waals surface area contributed by atoms with Crippen molar-refractivity contribution in [1.29, 1.82) is 0 Å². The molecule has 28 heavy (non-hydrogen) atoms. The van der Waals surface area contributed by atoms with Crippen molar-refractivity contribution in [1.82, 2.24) is 14.9 Å². The van der Waals surface area contributed by atoms with E-state index in [1.54, 1.807) is 7.11 Å². The van der Waals surface area contributed by atoms with Crippen molar-refractivity contribution in [3.05, 3.63) is 36.7 Å². The zero-order chi connectivity index (χ0) is 20.3. The van der Waals surface area contributed by atoms with Crippen LogP contribution in [0.5, 0.6) is 17.4 Å². The maximum atomic E-state index is 12.6. The molecule has 0 saturated carbocycles. The van der Waals surface area contributed by atoms with Crippen LogP contribution in [-0.2, 0) is 4.79 Å². The lowest BCUT2D eigenvalue weighted by Gasteiger charge is -2.42. The van der Waals surface area contributed by atoms with Gasteiger partial charge in [0.1, 0.15) is 23.6 Å². The number of hydrogen-bond acceptors (Lipinski definition) is 6. The molecule has 1 amide bonds. The zero-order valence-corrected chi connectivity index (χ0v) is 17.2. The number of rotatable bonds is 4. The average Bonchev–Trinajstić information content (AvgIpc) is 2.67. The highest BCUT2D eigenvalue weighted by Crippen LogP contribution is 2.27. The molecule has 7 heteroatoms. The first kappa shape index (κ1) is 19.9. The van der Waals surface area contributed by atoms with Gasteiger partial charge in [0.2, 0.25) is 11.8 Å². The summed E-state index contributed by atoms with van der Waals surface area (Å²) >= 11 is 0. The Bertz CT molecular complexity index is 817. The number of hydrogen-bond donors (Lipinski definition) is 0. The van der Waals surface area contributed by atoms with Gasteiger partial charge in [-0.05, 0) is 31.2 Å². The maximum absolute atomic E-state index is 12.6. The predicted octanol–water partition coefficient (Wildman–Crippen LogP) is 3.36. The summed E-state index contributed by atoms with van der Waals surface area (Å²) in [5.41, 5.74) is -0.370. The van der Waals surface area contributed by atoms with Gasteiger partial charge >= 0.3 is 0 Å². The van der Waals surface area contributed by atoms with E-state index in [2.05, 4.69) is 21.8 Å². The number of carbonyl (C=O) groups excluding carboxylic acids is 1.